The fraction of sp³-hybridized carbons (Fsp3) is 0.111. The van der Waals surface area contributed by atoms with Crippen molar-refractivity contribution in [3.8, 4) is 6.07 Å². The Morgan fingerprint density at radius 1 is 1.21 bits per heavy atom. The Hall–Kier alpha value is -3.46. The maximum Gasteiger partial charge on any atom is 0.223 e. The molecule has 0 unspecified atom stereocenters. The minimum atomic E-state index is 0.506. The number of anilines is 1. The summed E-state index contributed by atoms with van der Waals surface area (Å²) in [5.74, 6) is 0.506. The van der Waals surface area contributed by atoms with Gasteiger partial charge in [-0.25, -0.2) is 9.97 Å². The summed E-state index contributed by atoms with van der Waals surface area (Å²) in [5, 5.41) is 15.6. The highest BCUT2D eigenvalue weighted by atomic mass is 15.1. The molecular formula is C18H16N6. The zero-order chi connectivity index (χ0) is 16.6. The summed E-state index contributed by atoms with van der Waals surface area (Å²) < 4.78 is 0. The van der Waals surface area contributed by atoms with E-state index in [2.05, 4.69) is 31.7 Å². The lowest BCUT2D eigenvalue weighted by molar-refractivity contribution is 0.972. The van der Waals surface area contributed by atoms with Gasteiger partial charge in [0.1, 0.15) is 6.07 Å². The van der Waals surface area contributed by atoms with Crippen LogP contribution in [0, 0.1) is 11.3 Å². The van der Waals surface area contributed by atoms with Gasteiger partial charge in [-0.15, -0.1) is 0 Å². The van der Waals surface area contributed by atoms with Crippen molar-refractivity contribution in [3.05, 3.63) is 78.2 Å². The van der Waals surface area contributed by atoms with E-state index in [-0.39, 0.29) is 0 Å². The van der Waals surface area contributed by atoms with Crippen molar-refractivity contribution in [2.24, 2.45) is 0 Å². The number of allylic oxidation sites excluding steroid dienone is 4. The lowest BCUT2D eigenvalue weighted by Gasteiger charge is -2.08. The molecular weight excluding hydrogens is 300 g/mol. The molecule has 0 aromatic carbocycles. The Kier molecular flexibility index (Phi) is 4.95. The molecule has 6 nitrogen and oxygen atoms in total. The molecule has 0 spiro atoms. The van der Waals surface area contributed by atoms with Crippen molar-refractivity contribution >= 4 is 11.5 Å². The normalized spacial score (nSPS) is 12.4. The van der Waals surface area contributed by atoms with Crippen LogP contribution < -0.4 is 10.6 Å². The molecule has 6 heteroatoms. The summed E-state index contributed by atoms with van der Waals surface area (Å²) in [6, 6.07) is 7.90. The van der Waals surface area contributed by atoms with E-state index < -0.39 is 0 Å². The third kappa shape index (κ3) is 3.84. The van der Waals surface area contributed by atoms with Crippen LogP contribution in [0.2, 0.25) is 0 Å². The minimum Gasteiger partial charge on any atom is -0.368 e. The van der Waals surface area contributed by atoms with Gasteiger partial charge in [0.15, 0.2) is 0 Å². The van der Waals surface area contributed by atoms with E-state index in [9.17, 15) is 5.26 Å². The van der Waals surface area contributed by atoms with Gasteiger partial charge in [0.05, 0.1) is 11.3 Å². The number of hydrogen-bond donors (Lipinski definition) is 2. The quantitative estimate of drug-likeness (QED) is 0.824. The second kappa shape index (κ2) is 7.70. The first-order valence-corrected chi connectivity index (χ1v) is 7.56. The van der Waals surface area contributed by atoms with Crippen molar-refractivity contribution in [1.29, 1.82) is 5.26 Å². The predicted octanol–water partition coefficient (Wildman–Crippen LogP) is 2.43. The Labute approximate surface area is 140 Å². The van der Waals surface area contributed by atoms with Crippen molar-refractivity contribution < 1.29 is 0 Å². The molecule has 0 fully saturated rings. The van der Waals surface area contributed by atoms with E-state index in [1.54, 1.807) is 30.9 Å². The number of aromatic nitrogens is 3. The van der Waals surface area contributed by atoms with Gasteiger partial charge in [-0.2, -0.15) is 5.26 Å². The fourth-order valence-electron chi connectivity index (χ4n) is 2.27. The van der Waals surface area contributed by atoms with Crippen LogP contribution in [0.4, 0.5) is 5.95 Å². The van der Waals surface area contributed by atoms with Gasteiger partial charge >= 0.3 is 0 Å². The first-order valence-electron chi connectivity index (χ1n) is 7.56. The van der Waals surface area contributed by atoms with Crippen molar-refractivity contribution in [2.75, 3.05) is 11.9 Å². The number of dihydropyridines is 1. The number of nitrogens with one attached hydrogen (secondary N) is 2. The Morgan fingerprint density at radius 2 is 2.08 bits per heavy atom. The highest BCUT2D eigenvalue weighted by molar-refractivity contribution is 5.81. The van der Waals surface area contributed by atoms with Gasteiger partial charge < -0.3 is 10.6 Å². The smallest absolute Gasteiger partial charge is 0.223 e. The van der Waals surface area contributed by atoms with Crippen LogP contribution in [0.5, 0.6) is 0 Å². The number of pyridine rings is 1. The van der Waals surface area contributed by atoms with Crippen LogP contribution in [0.1, 0.15) is 11.3 Å². The molecule has 24 heavy (non-hydrogen) atoms. The average molecular weight is 316 g/mol. The fourth-order valence-corrected chi connectivity index (χ4v) is 2.27. The highest BCUT2D eigenvalue weighted by Crippen LogP contribution is 2.20. The lowest BCUT2D eigenvalue weighted by Crippen LogP contribution is -2.09. The standard InChI is InChI=1S/C18H16N6/c19-12-16(15-4-8-20-9-5-15)17-6-11-23-18(24-17)22-10-3-14-2-1-7-21-13-14/h1-2,4-9,11,13,20H,3,10H2,(H,22,23,24). The van der Waals surface area contributed by atoms with Crippen LogP contribution in [0.3, 0.4) is 0 Å². The molecule has 0 amide bonds. The maximum absolute atomic E-state index is 9.46. The minimum absolute atomic E-state index is 0.506. The molecule has 0 radical (unpaired) electrons. The van der Waals surface area contributed by atoms with Gasteiger partial charge in [0.2, 0.25) is 5.95 Å². The van der Waals surface area contributed by atoms with Crippen LogP contribution in [0.25, 0.3) is 5.57 Å². The maximum atomic E-state index is 9.46. The molecule has 3 rings (SSSR count). The zero-order valence-electron chi connectivity index (χ0n) is 13.0. The van der Waals surface area contributed by atoms with Crippen LogP contribution in [-0.4, -0.2) is 21.5 Å². The Balaban J connectivity index is 1.72. The van der Waals surface area contributed by atoms with Crippen molar-refractivity contribution in [1.82, 2.24) is 20.3 Å². The first kappa shape index (κ1) is 15.4. The van der Waals surface area contributed by atoms with E-state index in [1.165, 1.54) is 0 Å². The van der Waals surface area contributed by atoms with Crippen LogP contribution in [0.15, 0.2) is 66.9 Å². The molecule has 2 N–H and O–H groups in total. The van der Waals surface area contributed by atoms with E-state index in [4.69, 9.17) is 0 Å². The molecule has 2 aromatic rings. The average Bonchev–Trinajstić information content (AvgIpc) is 2.65. The largest absolute Gasteiger partial charge is 0.368 e. The van der Waals surface area contributed by atoms with Gasteiger partial charge in [0.25, 0.3) is 0 Å². The molecule has 0 bridgehead atoms. The number of nitrogens with zero attached hydrogens (tertiary/aromatic N) is 4. The van der Waals surface area contributed by atoms with Crippen LogP contribution in [-0.2, 0) is 6.42 Å². The summed E-state index contributed by atoms with van der Waals surface area (Å²) in [7, 11) is 0. The van der Waals surface area contributed by atoms with Gasteiger partial charge in [-0.1, -0.05) is 6.07 Å². The third-order valence-corrected chi connectivity index (χ3v) is 3.45. The second-order valence-corrected chi connectivity index (χ2v) is 5.08. The van der Waals surface area contributed by atoms with Gasteiger partial charge in [-0.05, 0) is 41.8 Å². The molecule has 0 atom stereocenters. The Bertz CT molecular complexity index is 816. The number of hydrogen-bond acceptors (Lipinski definition) is 6. The molecule has 2 aromatic heterocycles. The summed E-state index contributed by atoms with van der Waals surface area (Å²) in [5.41, 5.74) is 3.08. The molecule has 3 heterocycles. The van der Waals surface area contributed by atoms with E-state index in [0.717, 1.165) is 17.6 Å². The lowest BCUT2D eigenvalue weighted by atomic mass is 10.0. The third-order valence-electron chi connectivity index (χ3n) is 3.45. The van der Waals surface area contributed by atoms with Gasteiger partial charge in [-0.3, -0.25) is 4.98 Å². The van der Waals surface area contributed by atoms with Crippen molar-refractivity contribution in [3.63, 3.8) is 0 Å². The highest BCUT2D eigenvalue weighted by Gasteiger charge is 2.09. The summed E-state index contributed by atoms with van der Waals surface area (Å²) in [4.78, 5) is 12.7. The topological polar surface area (TPSA) is 86.5 Å². The monoisotopic (exact) mass is 316 g/mol. The summed E-state index contributed by atoms with van der Waals surface area (Å²) in [6.07, 6.45) is 13.3. The predicted molar refractivity (Wildman–Crippen MR) is 92.4 cm³/mol. The number of nitriles is 1. The van der Waals surface area contributed by atoms with Gasteiger partial charge in [0, 0.05) is 37.5 Å². The second-order valence-electron chi connectivity index (χ2n) is 5.08. The van der Waals surface area contributed by atoms with E-state index in [1.807, 2.05) is 30.5 Å². The Morgan fingerprint density at radius 3 is 2.83 bits per heavy atom. The molecule has 0 aliphatic carbocycles. The molecule has 118 valence electrons. The summed E-state index contributed by atoms with van der Waals surface area (Å²) >= 11 is 0. The molecule has 1 aliphatic heterocycles. The van der Waals surface area contributed by atoms with E-state index in [0.29, 0.717) is 23.8 Å². The first-order chi connectivity index (χ1) is 11.9. The SMILES string of the molecule is N#CC(=C1C=CNC=C1)c1ccnc(NCCc2cccnc2)n1. The van der Waals surface area contributed by atoms with E-state index >= 15 is 0 Å². The molecule has 0 saturated heterocycles. The molecule has 1 aliphatic rings. The van der Waals surface area contributed by atoms with Crippen LogP contribution >= 0.6 is 0 Å². The number of rotatable bonds is 5. The zero-order valence-corrected chi connectivity index (χ0v) is 13.0. The molecule has 0 saturated carbocycles. The van der Waals surface area contributed by atoms with Crippen molar-refractivity contribution in [2.45, 2.75) is 6.42 Å². The summed E-state index contributed by atoms with van der Waals surface area (Å²) in [6.45, 7) is 0.692.